The predicted octanol–water partition coefficient (Wildman–Crippen LogP) is 1.67. The van der Waals surface area contributed by atoms with Crippen molar-refractivity contribution in [3.63, 3.8) is 0 Å². The number of amides is 2. The van der Waals surface area contributed by atoms with Gasteiger partial charge in [-0.1, -0.05) is 12.1 Å². The molecular weight excluding hydrogens is 260 g/mol. The lowest BCUT2D eigenvalue weighted by molar-refractivity contribution is -0.144. The highest BCUT2D eigenvalue weighted by molar-refractivity contribution is 7.80. The molecule has 0 radical (unpaired) electrons. The first-order chi connectivity index (χ1) is 8.85. The molecule has 1 aliphatic rings. The Bertz CT molecular complexity index is 528. The average molecular weight is 278 g/mol. The summed E-state index contributed by atoms with van der Waals surface area (Å²) in [5.41, 5.74) is -0.281. The van der Waals surface area contributed by atoms with Crippen molar-refractivity contribution in [3.8, 4) is 0 Å². The van der Waals surface area contributed by atoms with Crippen LogP contribution in [-0.2, 0) is 4.79 Å². The van der Waals surface area contributed by atoms with Gasteiger partial charge in [0.25, 0.3) is 5.91 Å². The number of carbonyl (C=O) groups is 2. The summed E-state index contributed by atoms with van der Waals surface area (Å²) in [4.78, 5) is 28.7. The van der Waals surface area contributed by atoms with E-state index in [1.54, 1.807) is 48.9 Å². The number of nitrogens with zero attached hydrogens (tertiary/aromatic N) is 2. The summed E-state index contributed by atoms with van der Waals surface area (Å²) in [6, 6.07) is 7.15. The summed E-state index contributed by atoms with van der Waals surface area (Å²) in [6.45, 7) is 4.66. The van der Waals surface area contributed by atoms with Crippen LogP contribution < -0.4 is 0 Å². The molecule has 0 spiro atoms. The van der Waals surface area contributed by atoms with Crippen molar-refractivity contribution in [2.45, 2.75) is 24.3 Å². The number of thiol groups is 1. The van der Waals surface area contributed by atoms with E-state index in [1.807, 2.05) is 6.07 Å². The minimum absolute atomic E-state index is 0.0382. The Labute approximate surface area is 118 Å². The van der Waals surface area contributed by atoms with E-state index in [1.165, 1.54) is 0 Å². The first-order valence-electron chi connectivity index (χ1n) is 6.21. The number of rotatable bonds is 1. The highest BCUT2D eigenvalue weighted by Crippen LogP contribution is 2.25. The molecule has 1 heterocycles. The van der Waals surface area contributed by atoms with Crippen molar-refractivity contribution in [1.82, 2.24) is 9.80 Å². The zero-order valence-corrected chi connectivity index (χ0v) is 12.3. The third kappa shape index (κ3) is 2.34. The molecule has 0 saturated carbocycles. The SMILES string of the molecule is CN1CCN(C(=O)c2ccccc2S)C(C)(C)C1=O. The van der Waals surface area contributed by atoms with Crippen molar-refractivity contribution in [1.29, 1.82) is 0 Å². The summed E-state index contributed by atoms with van der Waals surface area (Å²) in [5.74, 6) is -0.180. The first-order valence-corrected chi connectivity index (χ1v) is 6.66. The molecule has 4 nitrogen and oxygen atoms in total. The van der Waals surface area contributed by atoms with Crippen LogP contribution in [-0.4, -0.2) is 47.3 Å². The Kier molecular flexibility index (Phi) is 3.58. The number of piperazine rings is 1. The standard InChI is InChI=1S/C14H18N2O2S/c1-14(2)13(18)15(3)8-9-16(14)12(17)10-6-4-5-7-11(10)19/h4-7,19H,8-9H2,1-3H3. The second-order valence-electron chi connectivity index (χ2n) is 5.26. The molecule has 1 aliphatic heterocycles. The van der Waals surface area contributed by atoms with Crippen molar-refractivity contribution < 1.29 is 9.59 Å². The van der Waals surface area contributed by atoms with Gasteiger partial charge in [0.2, 0.25) is 5.91 Å². The van der Waals surface area contributed by atoms with Crippen LogP contribution in [0.5, 0.6) is 0 Å². The lowest BCUT2D eigenvalue weighted by Crippen LogP contribution is -2.63. The first kappa shape index (κ1) is 13.9. The Morgan fingerprint density at radius 2 is 1.89 bits per heavy atom. The second kappa shape index (κ2) is 4.89. The Balaban J connectivity index is 2.34. The summed E-state index contributed by atoms with van der Waals surface area (Å²) >= 11 is 4.31. The maximum atomic E-state index is 12.6. The van der Waals surface area contributed by atoms with Crippen LogP contribution in [0.4, 0.5) is 0 Å². The van der Waals surface area contributed by atoms with Crippen LogP contribution in [0, 0.1) is 0 Å². The molecule has 0 N–H and O–H groups in total. The summed E-state index contributed by atoms with van der Waals surface area (Å²) < 4.78 is 0. The molecule has 0 unspecified atom stereocenters. The fourth-order valence-corrected chi connectivity index (χ4v) is 2.63. The highest BCUT2D eigenvalue weighted by Gasteiger charge is 2.43. The van der Waals surface area contributed by atoms with E-state index in [0.717, 1.165) is 0 Å². The van der Waals surface area contributed by atoms with Gasteiger partial charge in [0.15, 0.2) is 0 Å². The van der Waals surface area contributed by atoms with Gasteiger partial charge in [0.1, 0.15) is 5.54 Å². The normalized spacial score (nSPS) is 18.6. The summed E-state index contributed by atoms with van der Waals surface area (Å²) in [7, 11) is 1.76. The number of carbonyl (C=O) groups excluding carboxylic acids is 2. The molecule has 0 bridgehead atoms. The van der Waals surface area contributed by atoms with E-state index >= 15 is 0 Å². The molecule has 1 saturated heterocycles. The van der Waals surface area contributed by atoms with Crippen LogP contribution in [0.3, 0.4) is 0 Å². The van der Waals surface area contributed by atoms with E-state index in [0.29, 0.717) is 23.5 Å². The molecular formula is C14H18N2O2S. The number of hydrogen-bond donors (Lipinski definition) is 1. The van der Waals surface area contributed by atoms with Gasteiger partial charge in [0.05, 0.1) is 5.56 Å². The average Bonchev–Trinajstić information content (AvgIpc) is 2.36. The summed E-state index contributed by atoms with van der Waals surface area (Å²) in [6.07, 6.45) is 0. The van der Waals surface area contributed by atoms with Gasteiger partial charge in [-0.25, -0.2) is 0 Å². The maximum absolute atomic E-state index is 12.6. The van der Waals surface area contributed by atoms with Gasteiger partial charge in [0, 0.05) is 25.0 Å². The topological polar surface area (TPSA) is 40.6 Å². The van der Waals surface area contributed by atoms with E-state index in [2.05, 4.69) is 12.6 Å². The smallest absolute Gasteiger partial charge is 0.255 e. The van der Waals surface area contributed by atoms with Crippen molar-refractivity contribution in [2.75, 3.05) is 20.1 Å². The molecule has 2 amide bonds. The molecule has 0 atom stereocenters. The van der Waals surface area contributed by atoms with E-state index < -0.39 is 5.54 Å². The Morgan fingerprint density at radius 1 is 1.26 bits per heavy atom. The second-order valence-corrected chi connectivity index (χ2v) is 5.74. The zero-order chi connectivity index (χ0) is 14.2. The van der Waals surface area contributed by atoms with Crippen LogP contribution >= 0.6 is 12.6 Å². The van der Waals surface area contributed by atoms with Crippen molar-refractivity contribution in [3.05, 3.63) is 29.8 Å². The van der Waals surface area contributed by atoms with Crippen LogP contribution in [0.2, 0.25) is 0 Å². The molecule has 5 heteroatoms. The molecule has 1 aromatic carbocycles. The molecule has 1 fully saturated rings. The van der Waals surface area contributed by atoms with Gasteiger partial charge in [-0.05, 0) is 26.0 Å². The third-order valence-corrected chi connectivity index (χ3v) is 3.97. The van der Waals surface area contributed by atoms with E-state index in [-0.39, 0.29) is 11.8 Å². The molecule has 1 aromatic rings. The van der Waals surface area contributed by atoms with Gasteiger partial charge >= 0.3 is 0 Å². The molecule has 2 rings (SSSR count). The molecule has 19 heavy (non-hydrogen) atoms. The quantitative estimate of drug-likeness (QED) is 0.794. The van der Waals surface area contributed by atoms with Crippen LogP contribution in [0.15, 0.2) is 29.2 Å². The fraction of sp³-hybridized carbons (Fsp3) is 0.429. The molecule has 102 valence electrons. The van der Waals surface area contributed by atoms with Crippen LogP contribution in [0.25, 0.3) is 0 Å². The lowest BCUT2D eigenvalue weighted by atomic mass is 9.96. The van der Waals surface area contributed by atoms with Gasteiger partial charge in [-0.2, -0.15) is 0 Å². The maximum Gasteiger partial charge on any atom is 0.255 e. The van der Waals surface area contributed by atoms with Gasteiger partial charge in [-0.3, -0.25) is 9.59 Å². The van der Waals surface area contributed by atoms with E-state index in [9.17, 15) is 9.59 Å². The van der Waals surface area contributed by atoms with Gasteiger partial charge < -0.3 is 9.80 Å². The third-order valence-electron chi connectivity index (χ3n) is 3.58. The van der Waals surface area contributed by atoms with Crippen LogP contribution in [0.1, 0.15) is 24.2 Å². The minimum atomic E-state index is -0.819. The molecule has 0 aliphatic carbocycles. The van der Waals surface area contributed by atoms with Gasteiger partial charge in [-0.15, -0.1) is 12.6 Å². The minimum Gasteiger partial charge on any atom is -0.342 e. The lowest BCUT2D eigenvalue weighted by Gasteiger charge is -2.44. The Morgan fingerprint density at radius 3 is 2.53 bits per heavy atom. The van der Waals surface area contributed by atoms with Crippen molar-refractivity contribution >= 4 is 24.4 Å². The summed E-state index contributed by atoms with van der Waals surface area (Å²) in [5, 5.41) is 0. The fourth-order valence-electron chi connectivity index (χ4n) is 2.37. The number of likely N-dealkylation sites (N-methyl/N-ethyl adjacent to an activating group) is 1. The largest absolute Gasteiger partial charge is 0.342 e. The van der Waals surface area contributed by atoms with E-state index in [4.69, 9.17) is 0 Å². The molecule has 0 aromatic heterocycles. The zero-order valence-electron chi connectivity index (χ0n) is 11.4. The predicted molar refractivity (Wildman–Crippen MR) is 76.4 cm³/mol. The number of hydrogen-bond acceptors (Lipinski definition) is 3. The van der Waals surface area contributed by atoms with Crippen molar-refractivity contribution in [2.24, 2.45) is 0 Å². The number of benzene rings is 1. The Hall–Kier alpha value is -1.49. The highest BCUT2D eigenvalue weighted by atomic mass is 32.1. The monoisotopic (exact) mass is 278 g/mol.